The second kappa shape index (κ2) is 9.11. The molecule has 1 unspecified atom stereocenters. The molecule has 23 heavy (non-hydrogen) atoms. The Balaban J connectivity index is 2.09. The average molecular weight is 310 g/mol. The molecule has 1 amide bonds. The Kier molecular flexibility index (Phi) is 6.82. The van der Waals surface area contributed by atoms with Crippen LogP contribution in [0.1, 0.15) is 43.7 Å². The maximum Gasteiger partial charge on any atom is 0.231 e. The van der Waals surface area contributed by atoms with Crippen LogP contribution in [0.5, 0.6) is 0 Å². The lowest BCUT2D eigenvalue weighted by Crippen LogP contribution is -2.21. The Labute approximate surface area is 139 Å². The third-order valence-electron chi connectivity index (χ3n) is 3.87. The highest BCUT2D eigenvalue weighted by molar-refractivity contribution is 5.95. The van der Waals surface area contributed by atoms with Crippen molar-refractivity contribution in [2.75, 3.05) is 11.9 Å². The lowest BCUT2D eigenvalue weighted by atomic mass is 9.93. The van der Waals surface area contributed by atoms with E-state index in [1.807, 2.05) is 48.5 Å². The quantitative estimate of drug-likeness (QED) is 0.762. The SMILES string of the molecule is CCCC(C(=O)Nc1cccc(CNCC)c1)c1ccccc1. The van der Waals surface area contributed by atoms with Gasteiger partial charge in [-0.2, -0.15) is 0 Å². The predicted octanol–water partition coefficient (Wildman–Crippen LogP) is 4.32. The predicted molar refractivity (Wildman–Crippen MR) is 96.5 cm³/mol. The van der Waals surface area contributed by atoms with E-state index in [0.717, 1.165) is 37.2 Å². The number of hydrogen-bond donors (Lipinski definition) is 2. The van der Waals surface area contributed by atoms with Gasteiger partial charge in [0.05, 0.1) is 5.92 Å². The first kappa shape index (κ1) is 17.2. The standard InChI is InChI=1S/C20H26N2O/c1-3-9-19(17-11-6-5-7-12-17)20(23)22-18-13-8-10-16(14-18)15-21-4-2/h5-8,10-14,19,21H,3-4,9,15H2,1-2H3,(H,22,23). The van der Waals surface area contributed by atoms with Gasteiger partial charge in [0.15, 0.2) is 0 Å². The van der Waals surface area contributed by atoms with E-state index in [9.17, 15) is 4.79 Å². The van der Waals surface area contributed by atoms with Crippen molar-refractivity contribution in [1.82, 2.24) is 5.32 Å². The molecule has 2 N–H and O–H groups in total. The molecule has 0 aliphatic carbocycles. The number of hydrogen-bond acceptors (Lipinski definition) is 2. The fourth-order valence-corrected chi connectivity index (χ4v) is 2.68. The van der Waals surface area contributed by atoms with Crippen molar-refractivity contribution in [3.8, 4) is 0 Å². The molecule has 0 aliphatic rings. The lowest BCUT2D eigenvalue weighted by Gasteiger charge is -2.17. The van der Waals surface area contributed by atoms with Crippen molar-refractivity contribution in [3.05, 3.63) is 65.7 Å². The molecule has 2 aromatic rings. The third kappa shape index (κ3) is 5.22. The van der Waals surface area contributed by atoms with E-state index in [2.05, 4.69) is 30.5 Å². The van der Waals surface area contributed by atoms with Crippen molar-refractivity contribution in [2.45, 2.75) is 39.2 Å². The van der Waals surface area contributed by atoms with Gasteiger partial charge < -0.3 is 10.6 Å². The molecule has 0 saturated carbocycles. The fourth-order valence-electron chi connectivity index (χ4n) is 2.68. The van der Waals surface area contributed by atoms with Crippen LogP contribution in [0.2, 0.25) is 0 Å². The molecule has 2 aromatic carbocycles. The summed E-state index contributed by atoms with van der Waals surface area (Å²) < 4.78 is 0. The first-order valence-electron chi connectivity index (χ1n) is 8.40. The number of carbonyl (C=O) groups is 1. The number of nitrogens with one attached hydrogen (secondary N) is 2. The molecule has 0 aromatic heterocycles. The van der Waals surface area contributed by atoms with E-state index in [0.29, 0.717) is 0 Å². The minimum atomic E-state index is -0.0985. The summed E-state index contributed by atoms with van der Waals surface area (Å²) in [6.45, 7) is 5.95. The maximum absolute atomic E-state index is 12.7. The van der Waals surface area contributed by atoms with Gasteiger partial charge in [0.25, 0.3) is 0 Å². The van der Waals surface area contributed by atoms with E-state index < -0.39 is 0 Å². The van der Waals surface area contributed by atoms with Gasteiger partial charge in [-0.3, -0.25) is 4.79 Å². The van der Waals surface area contributed by atoms with E-state index in [1.54, 1.807) is 0 Å². The van der Waals surface area contributed by atoms with Crippen LogP contribution in [0, 0.1) is 0 Å². The highest BCUT2D eigenvalue weighted by Crippen LogP contribution is 2.23. The molecule has 122 valence electrons. The molecule has 2 rings (SSSR count). The number of amides is 1. The summed E-state index contributed by atoms with van der Waals surface area (Å²) in [5.74, 6) is -0.0303. The molecule has 3 heteroatoms. The fraction of sp³-hybridized carbons (Fsp3) is 0.350. The summed E-state index contributed by atoms with van der Waals surface area (Å²) in [6.07, 6.45) is 1.83. The van der Waals surface area contributed by atoms with Crippen LogP contribution in [-0.4, -0.2) is 12.5 Å². The number of benzene rings is 2. The zero-order chi connectivity index (χ0) is 16.5. The van der Waals surface area contributed by atoms with Crippen molar-refractivity contribution >= 4 is 11.6 Å². The van der Waals surface area contributed by atoms with E-state index in [-0.39, 0.29) is 11.8 Å². The van der Waals surface area contributed by atoms with Crippen molar-refractivity contribution in [3.63, 3.8) is 0 Å². The third-order valence-corrected chi connectivity index (χ3v) is 3.87. The van der Waals surface area contributed by atoms with Gasteiger partial charge in [-0.1, -0.05) is 62.7 Å². The van der Waals surface area contributed by atoms with Crippen LogP contribution in [0.15, 0.2) is 54.6 Å². The maximum atomic E-state index is 12.7. The second-order valence-electron chi connectivity index (χ2n) is 5.72. The molecular formula is C20H26N2O. The second-order valence-corrected chi connectivity index (χ2v) is 5.72. The topological polar surface area (TPSA) is 41.1 Å². The van der Waals surface area contributed by atoms with Crippen LogP contribution in [-0.2, 0) is 11.3 Å². The Morgan fingerprint density at radius 1 is 1.04 bits per heavy atom. The first-order chi connectivity index (χ1) is 11.2. The average Bonchev–Trinajstić information content (AvgIpc) is 2.59. The lowest BCUT2D eigenvalue weighted by molar-refractivity contribution is -0.117. The minimum Gasteiger partial charge on any atom is -0.326 e. The van der Waals surface area contributed by atoms with Crippen LogP contribution < -0.4 is 10.6 Å². The summed E-state index contributed by atoms with van der Waals surface area (Å²) in [4.78, 5) is 12.7. The number of carbonyl (C=O) groups excluding carboxylic acids is 1. The Hall–Kier alpha value is -2.13. The monoisotopic (exact) mass is 310 g/mol. The normalized spacial score (nSPS) is 11.9. The highest BCUT2D eigenvalue weighted by atomic mass is 16.1. The van der Waals surface area contributed by atoms with Crippen LogP contribution in [0.3, 0.4) is 0 Å². The van der Waals surface area contributed by atoms with Gasteiger partial charge in [-0.05, 0) is 36.2 Å². The smallest absolute Gasteiger partial charge is 0.231 e. The number of anilines is 1. The molecule has 0 aliphatic heterocycles. The molecule has 0 saturated heterocycles. The molecule has 0 bridgehead atoms. The molecule has 0 fully saturated rings. The van der Waals surface area contributed by atoms with Crippen molar-refractivity contribution < 1.29 is 4.79 Å². The summed E-state index contributed by atoms with van der Waals surface area (Å²) in [6, 6.07) is 18.1. The molecule has 0 radical (unpaired) electrons. The van der Waals surface area contributed by atoms with Crippen LogP contribution in [0.4, 0.5) is 5.69 Å². The zero-order valence-corrected chi connectivity index (χ0v) is 14.0. The van der Waals surface area contributed by atoms with Gasteiger partial charge >= 0.3 is 0 Å². The van der Waals surface area contributed by atoms with Gasteiger partial charge in [0, 0.05) is 12.2 Å². The Morgan fingerprint density at radius 3 is 2.52 bits per heavy atom. The summed E-state index contributed by atoms with van der Waals surface area (Å²) in [7, 11) is 0. The van der Waals surface area contributed by atoms with Crippen LogP contribution in [0.25, 0.3) is 0 Å². The van der Waals surface area contributed by atoms with E-state index in [4.69, 9.17) is 0 Å². The Morgan fingerprint density at radius 2 is 1.83 bits per heavy atom. The largest absolute Gasteiger partial charge is 0.326 e. The van der Waals surface area contributed by atoms with Crippen molar-refractivity contribution in [2.24, 2.45) is 0 Å². The van der Waals surface area contributed by atoms with Crippen LogP contribution >= 0.6 is 0 Å². The van der Waals surface area contributed by atoms with Gasteiger partial charge in [0.1, 0.15) is 0 Å². The molecule has 0 spiro atoms. The van der Waals surface area contributed by atoms with Gasteiger partial charge in [-0.25, -0.2) is 0 Å². The zero-order valence-electron chi connectivity index (χ0n) is 14.0. The summed E-state index contributed by atoms with van der Waals surface area (Å²) in [5.41, 5.74) is 3.12. The van der Waals surface area contributed by atoms with Gasteiger partial charge in [0.2, 0.25) is 5.91 Å². The minimum absolute atomic E-state index is 0.0682. The van der Waals surface area contributed by atoms with Crippen molar-refractivity contribution in [1.29, 1.82) is 0 Å². The Bertz CT molecular complexity index is 610. The van der Waals surface area contributed by atoms with E-state index >= 15 is 0 Å². The first-order valence-corrected chi connectivity index (χ1v) is 8.40. The van der Waals surface area contributed by atoms with E-state index in [1.165, 1.54) is 5.56 Å². The molecular weight excluding hydrogens is 284 g/mol. The van der Waals surface area contributed by atoms with Gasteiger partial charge in [-0.15, -0.1) is 0 Å². The molecule has 1 atom stereocenters. The summed E-state index contributed by atoms with van der Waals surface area (Å²) >= 11 is 0. The summed E-state index contributed by atoms with van der Waals surface area (Å²) in [5, 5.41) is 6.38. The molecule has 3 nitrogen and oxygen atoms in total. The molecule has 0 heterocycles. The number of rotatable bonds is 8. The highest BCUT2D eigenvalue weighted by Gasteiger charge is 2.19.